The van der Waals surface area contributed by atoms with Crippen LogP contribution in [0.2, 0.25) is 0 Å². The second kappa shape index (κ2) is 9.80. The number of carbonyl (C=O) groups excluding carboxylic acids is 2. The Morgan fingerprint density at radius 3 is 2.63 bits per heavy atom. The number of benzene rings is 2. The van der Waals surface area contributed by atoms with Gasteiger partial charge in [0.1, 0.15) is 0 Å². The van der Waals surface area contributed by atoms with Crippen molar-refractivity contribution in [2.24, 2.45) is 10.7 Å². The van der Waals surface area contributed by atoms with Gasteiger partial charge in [0.25, 0.3) is 5.91 Å². The van der Waals surface area contributed by atoms with Gasteiger partial charge in [0.15, 0.2) is 5.17 Å². The first-order valence-electron chi connectivity index (χ1n) is 10.1. The molecule has 7 heteroatoms. The lowest BCUT2D eigenvalue weighted by molar-refractivity contribution is 0.0501. The molecule has 0 radical (unpaired) electrons. The van der Waals surface area contributed by atoms with Crippen molar-refractivity contribution in [2.75, 3.05) is 17.7 Å². The molecule has 30 heavy (non-hydrogen) atoms. The van der Waals surface area contributed by atoms with Gasteiger partial charge < -0.3 is 15.8 Å². The van der Waals surface area contributed by atoms with Gasteiger partial charge in [-0.25, -0.2) is 4.79 Å². The third-order valence-electron chi connectivity index (χ3n) is 5.09. The number of rotatable bonds is 7. The molecule has 2 aromatic rings. The van der Waals surface area contributed by atoms with Gasteiger partial charge >= 0.3 is 5.97 Å². The third-order valence-corrected chi connectivity index (χ3v) is 5.89. The molecule has 1 aliphatic rings. The number of para-hydroxylation sites is 1. The number of unbranched alkanes of at least 4 members (excludes halogenated alkanes) is 1. The zero-order valence-electron chi connectivity index (χ0n) is 17.3. The number of thioether (sulfide) groups is 1. The van der Waals surface area contributed by atoms with Gasteiger partial charge in [-0.05, 0) is 49.6 Å². The van der Waals surface area contributed by atoms with Gasteiger partial charge in [-0.15, -0.1) is 0 Å². The van der Waals surface area contributed by atoms with Crippen molar-refractivity contribution in [1.82, 2.24) is 0 Å². The van der Waals surface area contributed by atoms with Gasteiger partial charge in [0, 0.05) is 11.3 Å². The lowest BCUT2D eigenvalue weighted by atomic mass is 9.89. The van der Waals surface area contributed by atoms with E-state index in [1.54, 1.807) is 48.2 Å². The summed E-state index contributed by atoms with van der Waals surface area (Å²) in [5.74, 6) is 0.190. The lowest BCUT2D eigenvalue weighted by Crippen LogP contribution is -2.28. The summed E-state index contributed by atoms with van der Waals surface area (Å²) in [7, 11) is 0. The van der Waals surface area contributed by atoms with Crippen LogP contribution in [0.25, 0.3) is 0 Å². The van der Waals surface area contributed by atoms with Crippen LogP contribution in [-0.2, 0) is 10.3 Å². The molecule has 3 rings (SSSR count). The van der Waals surface area contributed by atoms with Crippen molar-refractivity contribution in [2.45, 2.75) is 38.6 Å². The van der Waals surface area contributed by atoms with Crippen molar-refractivity contribution in [3.05, 3.63) is 65.2 Å². The highest BCUT2D eigenvalue weighted by atomic mass is 32.2. The minimum absolute atomic E-state index is 0.289. The zero-order valence-corrected chi connectivity index (χ0v) is 18.1. The SMILES string of the molecule is CCCCOC(=O)c1ccccc1NC(=O)c1ccc(C2(C)CCSC(N)=N2)cc1. The van der Waals surface area contributed by atoms with Gasteiger partial charge in [-0.3, -0.25) is 9.79 Å². The topological polar surface area (TPSA) is 93.8 Å². The van der Waals surface area contributed by atoms with E-state index >= 15 is 0 Å². The van der Waals surface area contributed by atoms with Gasteiger partial charge in [-0.2, -0.15) is 0 Å². The monoisotopic (exact) mass is 425 g/mol. The summed E-state index contributed by atoms with van der Waals surface area (Å²) < 4.78 is 5.28. The minimum atomic E-state index is -0.437. The quantitative estimate of drug-likeness (QED) is 0.501. The Bertz CT molecular complexity index is 943. The number of hydrogen-bond donors (Lipinski definition) is 2. The molecular weight excluding hydrogens is 398 g/mol. The third kappa shape index (κ3) is 5.21. The standard InChI is InChI=1S/C23H27N3O3S/c1-3-4-14-29-21(28)18-7-5-6-8-19(18)25-20(27)16-9-11-17(12-10-16)23(2)13-15-30-22(24)26-23/h5-12H,3-4,13-15H2,1-2H3,(H2,24,26)(H,25,27). The number of amides is 1. The Labute approximate surface area is 181 Å². The van der Waals surface area contributed by atoms with E-state index in [1.165, 1.54) is 0 Å². The Balaban J connectivity index is 1.73. The molecule has 1 atom stereocenters. The van der Waals surface area contributed by atoms with E-state index in [2.05, 4.69) is 17.2 Å². The summed E-state index contributed by atoms with van der Waals surface area (Å²) >= 11 is 1.56. The molecule has 1 aliphatic heterocycles. The van der Waals surface area contributed by atoms with E-state index in [-0.39, 0.29) is 11.4 Å². The highest BCUT2D eigenvalue weighted by molar-refractivity contribution is 8.13. The maximum absolute atomic E-state index is 12.8. The molecule has 0 aromatic heterocycles. The van der Waals surface area contributed by atoms with Crippen molar-refractivity contribution in [3.8, 4) is 0 Å². The number of nitrogens with zero attached hydrogens (tertiary/aromatic N) is 1. The molecule has 0 bridgehead atoms. The van der Waals surface area contributed by atoms with Crippen LogP contribution in [0.15, 0.2) is 53.5 Å². The van der Waals surface area contributed by atoms with Gasteiger partial charge in [-0.1, -0.05) is 49.4 Å². The first kappa shape index (κ1) is 21.9. The van der Waals surface area contributed by atoms with Crippen molar-refractivity contribution < 1.29 is 14.3 Å². The molecule has 1 unspecified atom stereocenters. The van der Waals surface area contributed by atoms with E-state index in [1.807, 2.05) is 19.1 Å². The number of amidine groups is 1. The van der Waals surface area contributed by atoms with Gasteiger partial charge in [0.05, 0.1) is 23.4 Å². The summed E-state index contributed by atoms with van der Waals surface area (Å²) in [6.45, 7) is 4.45. The van der Waals surface area contributed by atoms with E-state index < -0.39 is 5.97 Å². The summed E-state index contributed by atoms with van der Waals surface area (Å²) in [4.78, 5) is 29.7. The number of nitrogens with one attached hydrogen (secondary N) is 1. The zero-order chi connectivity index (χ0) is 21.6. The van der Waals surface area contributed by atoms with Crippen LogP contribution in [0, 0.1) is 0 Å². The summed E-state index contributed by atoms with van der Waals surface area (Å²) in [5, 5.41) is 3.41. The number of carbonyl (C=O) groups is 2. The molecule has 0 saturated heterocycles. The van der Waals surface area contributed by atoms with Crippen molar-refractivity contribution >= 4 is 34.5 Å². The second-order valence-electron chi connectivity index (χ2n) is 7.39. The Hall–Kier alpha value is -2.80. The molecule has 2 aromatic carbocycles. The van der Waals surface area contributed by atoms with Crippen molar-refractivity contribution in [3.63, 3.8) is 0 Å². The fraction of sp³-hybridized carbons (Fsp3) is 0.348. The van der Waals surface area contributed by atoms with Crippen LogP contribution in [0.5, 0.6) is 0 Å². The maximum Gasteiger partial charge on any atom is 0.340 e. The Kier molecular flexibility index (Phi) is 7.15. The molecule has 1 heterocycles. The van der Waals surface area contributed by atoms with Gasteiger partial charge in [0.2, 0.25) is 0 Å². The van der Waals surface area contributed by atoms with Crippen LogP contribution in [0.3, 0.4) is 0 Å². The molecule has 158 valence electrons. The smallest absolute Gasteiger partial charge is 0.340 e. The highest BCUT2D eigenvalue weighted by Crippen LogP contribution is 2.35. The number of aliphatic imine (C=N–C) groups is 1. The Morgan fingerprint density at radius 2 is 1.93 bits per heavy atom. The largest absolute Gasteiger partial charge is 0.462 e. The normalized spacial score (nSPS) is 18.4. The van der Waals surface area contributed by atoms with Crippen LogP contribution >= 0.6 is 11.8 Å². The molecule has 1 amide bonds. The van der Waals surface area contributed by atoms with Crippen LogP contribution in [0.1, 0.15) is 59.4 Å². The van der Waals surface area contributed by atoms with Crippen LogP contribution in [-0.4, -0.2) is 29.4 Å². The van der Waals surface area contributed by atoms with Crippen molar-refractivity contribution in [1.29, 1.82) is 0 Å². The highest BCUT2D eigenvalue weighted by Gasteiger charge is 2.29. The summed E-state index contributed by atoms with van der Waals surface area (Å²) in [5.41, 5.74) is 7.81. The predicted molar refractivity (Wildman–Crippen MR) is 122 cm³/mol. The number of ether oxygens (including phenoxy) is 1. The average Bonchev–Trinajstić information content (AvgIpc) is 2.74. The van der Waals surface area contributed by atoms with E-state index in [0.29, 0.717) is 28.6 Å². The molecule has 6 nitrogen and oxygen atoms in total. The molecular formula is C23H27N3O3S. The molecule has 3 N–H and O–H groups in total. The summed E-state index contributed by atoms with van der Waals surface area (Å²) in [6, 6.07) is 14.2. The number of esters is 1. The molecule has 0 fully saturated rings. The molecule has 0 spiro atoms. The number of nitrogens with two attached hydrogens (primary N) is 1. The fourth-order valence-corrected chi connectivity index (χ4v) is 4.20. The maximum atomic E-state index is 12.8. The van der Waals surface area contributed by atoms with E-state index in [0.717, 1.165) is 30.6 Å². The predicted octanol–water partition coefficient (Wildman–Crippen LogP) is 4.56. The van der Waals surface area contributed by atoms with Crippen LogP contribution < -0.4 is 11.1 Å². The molecule has 0 saturated carbocycles. The number of hydrogen-bond acceptors (Lipinski definition) is 6. The average molecular weight is 426 g/mol. The first-order valence-corrected chi connectivity index (χ1v) is 11.1. The van der Waals surface area contributed by atoms with E-state index in [4.69, 9.17) is 10.5 Å². The fourth-order valence-electron chi connectivity index (χ4n) is 3.23. The van der Waals surface area contributed by atoms with Crippen LogP contribution in [0.4, 0.5) is 5.69 Å². The minimum Gasteiger partial charge on any atom is -0.462 e. The lowest BCUT2D eigenvalue weighted by Gasteiger charge is -2.29. The summed E-state index contributed by atoms with van der Waals surface area (Å²) in [6.07, 6.45) is 2.63. The van der Waals surface area contributed by atoms with E-state index in [9.17, 15) is 9.59 Å². The molecule has 0 aliphatic carbocycles. The second-order valence-corrected chi connectivity index (χ2v) is 8.50. The number of anilines is 1. The first-order chi connectivity index (χ1) is 14.4. The Morgan fingerprint density at radius 1 is 1.20 bits per heavy atom.